The Morgan fingerprint density at radius 3 is 2.60 bits per heavy atom. The molecule has 0 aromatic carbocycles. The maximum atomic E-state index is 3.26. The molecule has 0 amide bonds. The Balaban J connectivity index is 2.11. The van der Waals surface area contributed by atoms with E-state index in [1.807, 2.05) is 7.05 Å². The van der Waals surface area contributed by atoms with Gasteiger partial charge >= 0.3 is 0 Å². The summed E-state index contributed by atoms with van der Waals surface area (Å²) in [5, 5.41) is 3.26. The molecule has 1 fully saturated rings. The summed E-state index contributed by atoms with van der Waals surface area (Å²) in [6.07, 6.45) is 4.17. The molecule has 1 nitrogen and oxygen atoms in total. The minimum atomic E-state index is 0.658. The molecule has 1 rings (SSSR count). The van der Waals surface area contributed by atoms with Crippen LogP contribution in [-0.4, -0.2) is 24.1 Å². The second-order valence-electron chi connectivity index (χ2n) is 3.06. The highest BCUT2D eigenvalue weighted by molar-refractivity contribution is 8.00. The Hall–Kier alpha value is 0.310. The van der Waals surface area contributed by atoms with Crippen LogP contribution in [0.15, 0.2) is 0 Å². The molecule has 10 heavy (non-hydrogen) atoms. The van der Waals surface area contributed by atoms with Gasteiger partial charge in [-0.25, -0.2) is 0 Å². The van der Waals surface area contributed by atoms with Gasteiger partial charge in [0.25, 0.3) is 0 Å². The summed E-state index contributed by atoms with van der Waals surface area (Å²) in [5.74, 6) is 1.34. The molecule has 0 heterocycles. The topological polar surface area (TPSA) is 12.0 Å². The van der Waals surface area contributed by atoms with Gasteiger partial charge in [-0.2, -0.15) is 11.8 Å². The Kier molecular flexibility index (Phi) is 3.05. The molecule has 0 atom stereocenters. The van der Waals surface area contributed by atoms with Gasteiger partial charge in [0, 0.05) is 11.3 Å². The van der Waals surface area contributed by atoms with Crippen LogP contribution < -0.4 is 5.32 Å². The number of nitrogens with one attached hydrogen (secondary N) is 1. The van der Waals surface area contributed by atoms with Gasteiger partial charge in [0.15, 0.2) is 0 Å². The number of thioether (sulfide) groups is 1. The predicted octanol–water partition coefficient (Wildman–Crippen LogP) is 1.88. The summed E-state index contributed by atoms with van der Waals surface area (Å²) >= 11 is 2.15. The van der Waals surface area contributed by atoms with Gasteiger partial charge in [0.1, 0.15) is 0 Å². The van der Waals surface area contributed by atoms with E-state index in [1.54, 1.807) is 0 Å². The van der Waals surface area contributed by atoms with Crippen molar-refractivity contribution in [1.82, 2.24) is 5.32 Å². The fourth-order valence-electron chi connectivity index (χ4n) is 1.15. The zero-order valence-electron chi connectivity index (χ0n) is 6.94. The highest BCUT2D eigenvalue weighted by Crippen LogP contribution is 2.47. The zero-order valence-corrected chi connectivity index (χ0v) is 7.76. The Bertz CT molecular complexity index is 99.4. The van der Waals surface area contributed by atoms with Gasteiger partial charge in [0.05, 0.1) is 0 Å². The van der Waals surface area contributed by atoms with Crippen LogP contribution in [0.1, 0.15) is 26.2 Å². The summed E-state index contributed by atoms with van der Waals surface area (Å²) < 4.78 is 0.658. The summed E-state index contributed by atoms with van der Waals surface area (Å²) in [4.78, 5) is 0. The highest BCUT2D eigenvalue weighted by atomic mass is 32.2. The van der Waals surface area contributed by atoms with Crippen LogP contribution >= 0.6 is 11.8 Å². The summed E-state index contributed by atoms with van der Waals surface area (Å²) in [5.41, 5.74) is 0. The minimum Gasteiger partial charge on any atom is -0.318 e. The fourth-order valence-corrected chi connectivity index (χ4v) is 2.43. The molecule has 1 aliphatic carbocycles. The summed E-state index contributed by atoms with van der Waals surface area (Å²) in [6.45, 7) is 3.46. The first kappa shape index (κ1) is 8.41. The lowest BCUT2D eigenvalue weighted by Crippen LogP contribution is -2.22. The van der Waals surface area contributed by atoms with Crippen LogP contribution in [-0.2, 0) is 0 Å². The van der Waals surface area contributed by atoms with Crippen molar-refractivity contribution in [1.29, 1.82) is 0 Å². The molecular weight excluding hydrogens is 142 g/mol. The van der Waals surface area contributed by atoms with Crippen molar-refractivity contribution in [3.63, 3.8) is 0 Å². The molecule has 60 valence electrons. The fraction of sp³-hybridized carbons (Fsp3) is 1.00. The lowest BCUT2D eigenvalue weighted by molar-refractivity contribution is 0.751. The van der Waals surface area contributed by atoms with E-state index in [-0.39, 0.29) is 0 Å². The average Bonchev–Trinajstić information content (AvgIpc) is 2.67. The molecule has 2 heteroatoms. The number of rotatable bonds is 5. The van der Waals surface area contributed by atoms with E-state index in [2.05, 4.69) is 24.0 Å². The molecule has 0 radical (unpaired) electrons. The van der Waals surface area contributed by atoms with Crippen LogP contribution in [0.5, 0.6) is 0 Å². The van der Waals surface area contributed by atoms with Crippen LogP contribution in [0, 0.1) is 0 Å². The third-order valence-corrected chi connectivity index (χ3v) is 3.70. The lowest BCUT2D eigenvalue weighted by Gasteiger charge is -2.12. The predicted molar refractivity (Wildman–Crippen MR) is 48.6 cm³/mol. The Morgan fingerprint density at radius 1 is 1.50 bits per heavy atom. The Morgan fingerprint density at radius 2 is 2.20 bits per heavy atom. The second-order valence-corrected chi connectivity index (χ2v) is 4.62. The maximum absolute atomic E-state index is 3.26. The van der Waals surface area contributed by atoms with Crippen molar-refractivity contribution in [2.24, 2.45) is 0 Å². The third kappa shape index (κ3) is 2.17. The smallest absolute Gasteiger partial charge is 0.0285 e. The molecule has 1 saturated carbocycles. The van der Waals surface area contributed by atoms with Crippen LogP contribution in [0.25, 0.3) is 0 Å². The molecule has 0 aromatic heterocycles. The van der Waals surface area contributed by atoms with Gasteiger partial charge in [0.2, 0.25) is 0 Å². The molecular formula is C8H17NS. The first-order chi connectivity index (χ1) is 4.83. The van der Waals surface area contributed by atoms with Crippen LogP contribution in [0.2, 0.25) is 0 Å². The van der Waals surface area contributed by atoms with Gasteiger partial charge in [-0.1, -0.05) is 6.92 Å². The summed E-state index contributed by atoms with van der Waals surface area (Å²) in [7, 11) is 2.05. The second kappa shape index (κ2) is 3.63. The van der Waals surface area contributed by atoms with Crippen LogP contribution in [0.3, 0.4) is 0 Å². The van der Waals surface area contributed by atoms with Crippen molar-refractivity contribution in [3.8, 4) is 0 Å². The van der Waals surface area contributed by atoms with Gasteiger partial charge in [-0.05, 0) is 32.1 Å². The molecule has 0 aliphatic heterocycles. The zero-order chi connectivity index (χ0) is 7.45. The average molecular weight is 159 g/mol. The van der Waals surface area contributed by atoms with Gasteiger partial charge < -0.3 is 5.32 Å². The van der Waals surface area contributed by atoms with E-state index in [0.29, 0.717) is 4.75 Å². The molecule has 1 N–H and O–H groups in total. The molecule has 0 aromatic rings. The maximum Gasteiger partial charge on any atom is 0.0285 e. The number of hydrogen-bond donors (Lipinski definition) is 1. The Labute approximate surface area is 68.0 Å². The largest absolute Gasteiger partial charge is 0.318 e. The first-order valence-corrected chi connectivity index (χ1v) is 5.10. The first-order valence-electron chi connectivity index (χ1n) is 4.11. The molecule has 1 aliphatic rings. The van der Waals surface area contributed by atoms with Crippen molar-refractivity contribution in [2.45, 2.75) is 30.9 Å². The monoisotopic (exact) mass is 159 g/mol. The van der Waals surface area contributed by atoms with Gasteiger partial charge in [-0.15, -0.1) is 0 Å². The van der Waals surface area contributed by atoms with E-state index in [9.17, 15) is 0 Å². The van der Waals surface area contributed by atoms with Crippen molar-refractivity contribution >= 4 is 11.8 Å². The minimum absolute atomic E-state index is 0.658. The van der Waals surface area contributed by atoms with E-state index >= 15 is 0 Å². The molecule has 0 unspecified atom stereocenters. The van der Waals surface area contributed by atoms with Crippen molar-refractivity contribution < 1.29 is 0 Å². The van der Waals surface area contributed by atoms with E-state index in [0.717, 1.165) is 0 Å². The molecule has 0 bridgehead atoms. The van der Waals surface area contributed by atoms with E-state index in [1.165, 1.54) is 31.6 Å². The SMILES string of the molecule is CCCSC1(CNC)CC1. The lowest BCUT2D eigenvalue weighted by atomic mass is 10.4. The normalized spacial score (nSPS) is 21.0. The highest BCUT2D eigenvalue weighted by Gasteiger charge is 2.41. The number of hydrogen-bond acceptors (Lipinski definition) is 2. The molecule has 0 saturated heterocycles. The molecule has 0 spiro atoms. The van der Waals surface area contributed by atoms with Crippen molar-refractivity contribution in [2.75, 3.05) is 19.3 Å². The van der Waals surface area contributed by atoms with Crippen molar-refractivity contribution in [3.05, 3.63) is 0 Å². The summed E-state index contributed by atoms with van der Waals surface area (Å²) in [6, 6.07) is 0. The van der Waals surface area contributed by atoms with E-state index < -0.39 is 0 Å². The standard InChI is InChI=1S/C8H17NS/c1-3-6-10-8(4-5-8)7-9-2/h9H,3-7H2,1-2H3. The van der Waals surface area contributed by atoms with Gasteiger partial charge in [-0.3, -0.25) is 0 Å². The van der Waals surface area contributed by atoms with E-state index in [4.69, 9.17) is 0 Å². The quantitative estimate of drug-likeness (QED) is 0.657. The van der Waals surface area contributed by atoms with Crippen LogP contribution in [0.4, 0.5) is 0 Å². The third-order valence-electron chi connectivity index (χ3n) is 1.92.